The Bertz CT molecular complexity index is 1220. The summed E-state index contributed by atoms with van der Waals surface area (Å²) >= 11 is 0. The molecule has 3 amide bonds. The molecule has 1 aromatic carbocycles. The molecule has 2 rings (SSSR count). The second-order valence-corrected chi connectivity index (χ2v) is 7.94. The molecule has 204 valence electrons. The number of carbonyl (C=O) groups excluding carboxylic acids is 4. The first kappa shape index (κ1) is 29.7. The van der Waals surface area contributed by atoms with E-state index in [0.717, 1.165) is 11.3 Å². The number of nitrogens with zero attached hydrogens (tertiary/aromatic N) is 2. The summed E-state index contributed by atoms with van der Waals surface area (Å²) in [4.78, 5) is 57.8. The third kappa shape index (κ3) is 7.26. The maximum atomic E-state index is 13.4. The van der Waals surface area contributed by atoms with Crippen molar-refractivity contribution in [2.45, 2.75) is 34.1 Å². The van der Waals surface area contributed by atoms with Crippen LogP contribution in [0, 0.1) is 19.3 Å². The number of aromatic amines is 1. The fraction of sp³-hybridized carbons (Fsp3) is 0.360. The minimum absolute atomic E-state index is 0.110. The van der Waals surface area contributed by atoms with Crippen LogP contribution in [0.3, 0.4) is 0 Å². The van der Waals surface area contributed by atoms with Gasteiger partial charge in [-0.15, -0.1) is 0 Å². The fourth-order valence-corrected chi connectivity index (χ4v) is 3.40. The summed E-state index contributed by atoms with van der Waals surface area (Å²) in [6, 6.07) is 4.66. The molecule has 0 bridgehead atoms. The SMILES string of the molecule is CCCNC(=O)c1c[nH]c(C(=NC=N)N(C(=O)OCOC(=O)CO)c2cc(C(=O)NCC)ccc2C)c1C. The Labute approximate surface area is 219 Å². The van der Waals surface area contributed by atoms with E-state index < -0.39 is 25.5 Å². The molecule has 38 heavy (non-hydrogen) atoms. The van der Waals surface area contributed by atoms with E-state index in [1.807, 2.05) is 6.92 Å². The van der Waals surface area contributed by atoms with Crippen LogP contribution in [-0.2, 0) is 14.3 Å². The Morgan fingerprint density at radius 3 is 2.50 bits per heavy atom. The molecule has 0 saturated carbocycles. The maximum Gasteiger partial charge on any atom is 0.423 e. The molecule has 0 fully saturated rings. The number of esters is 1. The van der Waals surface area contributed by atoms with Crippen LogP contribution < -0.4 is 15.5 Å². The molecule has 5 N–H and O–H groups in total. The molecule has 1 aromatic heterocycles. The standard InChI is InChI=1S/C25H32N6O7/c1-5-9-28-24(35)18-11-29-21(16(18)4)22(30-13-26)31(25(36)38-14-37-20(33)12-32)19-10-17(8-7-15(19)3)23(34)27-6-2/h7-8,10-11,13,26,29,32H,5-6,9,12,14H2,1-4H3,(H,27,34)(H,28,35). The molecule has 0 aliphatic heterocycles. The number of carbonyl (C=O) groups is 4. The first-order valence-electron chi connectivity index (χ1n) is 11.8. The van der Waals surface area contributed by atoms with Gasteiger partial charge in [0, 0.05) is 24.8 Å². The van der Waals surface area contributed by atoms with Crippen molar-refractivity contribution in [2.75, 3.05) is 31.4 Å². The smallest absolute Gasteiger partial charge is 0.423 e. The number of aliphatic hydroxyl groups excluding tert-OH is 1. The van der Waals surface area contributed by atoms with Gasteiger partial charge in [-0.2, -0.15) is 0 Å². The third-order valence-corrected chi connectivity index (χ3v) is 5.31. The number of ether oxygens (including phenoxy) is 2. The Morgan fingerprint density at radius 2 is 1.87 bits per heavy atom. The Balaban J connectivity index is 2.64. The van der Waals surface area contributed by atoms with Crippen molar-refractivity contribution in [3.8, 4) is 0 Å². The summed E-state index contributed by atoms with van der Waals surface area (Å²) in [5, 5.41) is 21.9. The lowest BCUT2D eigenvalue weighted by molar-refractivity contribution is -0.154. The monoisotopic (exact) mass is 528 g/mol. The molecule has 0 saturated heterocycles. The van der Waals surface area contributed by atoms with Crippen molar-refractivity contribution in [3.05, 3.63) is 52.3 Å². The summed E-state index contributed by atoms with van der Waals surface area (Å²) in [6.07, 6.45) is 1.85. The average Bonchev–Trinajstić information content (AvgIpc) is 3.28. The number of aryl methyl sites for hydroxylation is 1. The number of amides is 3. The third-order valence-electron chi connectivity index (χ3n) is 5.31. The molecule has 0 radical (unpaired) electrons. The highest BCUT2D eigenvalue weighted by molar-refractivity contribution is 6.24. The number of aliphatic hydroxyl groups is 1. The van der Waals surface area contributed by atoms with Gasteiger partial charge in [0.1, 0.15) is 12.9 Å². The van der Waals surface area contributed by atoms with Crippen LogP contribution in [0.5, 0.6) is 0 Å². The minimum atomic E-state index is -1.06. The number of H-pyrrole nitrogens is 1. The summed E-state index contributed by atoms with van der Waals surface area (Å²) in [5.41, 5.74) is 1.98. The van der Waals surface area contributed by atoms with Crippen LogP contribution in [0.25, 0.3) is 0 Å². The molecule has 0 spiro atoms. The van der Waals surface area contributed by atoms with Crippen LogP contribution in [0.1, 0.15) is 57.8 Å². The van der Waals surface area contributed by atoms with Gasteiger partial charge in [-0.05, 0) is 50.5 Å². The van der Waals surface area contributed by atoms with E-state index in [9.17, 15) is 19.2 Å². The highest BCUT2D eigenvalue weighted by Crippen LogP contribution is 2.27. The van der Waals surface area contributed by atoms with E-state index in [-0.39, 0.29) is 34.6 Å². The highest BCUT2D eigenvalue weighted by Gasteiger charge is 2.30. The molecule has 13 nitrogen and oxygen atoms in total. The van der Waals surface area contributed by atoms with E-state index in [2.05, 4.69) is 25.3 Å². The van der Waals surface area contributed by atoms with Crippen LogP contribution in [0.15, 0.2) is 29.4 Å². The fourth-order valence-electron chi connectivity index (χ4n) is 3.40. The van der Waals surface area contributed by atoms with E-state index in [1.165, 1.54) is 12.3 Å². The molecule has 13 heteroatoms. The predicted octanol–water partition coefficient (Wildman–Crippen LogP) is 2.01. The van der Waals surface area contributed by atoms with Gasteiger partial charge >= 0.3 is 12.1 Å². The normalized spacial score (nSPS) is 10.9. The molecule has 2 aromatic rings. The summed E-state index contributed by atoms with van der Waals surface area (Å²) in [7, 11) is 0. The number of nitrogens with one attached hydrogen (secondary N) is 4. The molecule has 0 unspecified atom stereocenters. The topological polar surface area (TPSA) is 186 Å². The molecule has 0 aliphatic rings. The highest BCUT2D eigenvalue weighted by atomic mass is 16.7. The van der Waals surface area contributed by atoms with Gasteiger partial charge < -0.3 is 30.2 Å². The van der Waals surface area contributed by atoms with Gasteiger partial charge in [-0.3, -0.25) is 15.0 Å². The Hall–Kier alpha value is -4.52. The Kier molecular flexibility index (Phi) is 11.2. The summed E-state index contributed by atoms with van der Waals surface area (Å²) < 4.78 is 9.76. The lowest BCUT2D eigenvalue weighted by atomic mass is 10.1. The van der Waals surface area contributed by atoms with Gasteiger partial charge in [0.15, 0.2) is 5.84 Å². The second-order valence-electron chi connectivity index (χ2n) is 7.94. The van der Waals surface area contributed by atoms with Crippen LogP contribution >= 0.6 is 0 Å². The quantitative estimate of drug-likeness (QED) is 0.128. The number of amidine groups is 1. The first-order chi connectivity index (χ1) is 18.2. The molecule has 0 aliphatic carbocycles. The van der Waals surface area contributed by atoms with Gasteiger partial charge in [0.05, 0.1) is 16.9 Å². The number of aromatic nitrogens is 1. The first-order valence-corrected chi connectivity index (χ1v) is 11.8. The van der Waals surface area contributed by atoms with Crippen molar-refractivity contribution in [3.63, 3.8) is 0 Å². The number of hydrogen-bond acceptors (Lipinski definition) is 8. The summed E-state index contributed by atoms with van der Waals surface area (Å²) in [5.74, 6) is -1.83. The lowest BCUT2D eigenvalue weighted by Gasteiger charge is -2.25. The van der Waals surface area contributed by atoms with Crippen LogP contribution in [-0.4, -0.2) is 72.6 Å². The van der Waals surface area contributed by atoms with Gasteiger partial charge in [0.2, 0.25) is 6.79 Å². The van der Waals surface area contributed by atoms with E-state index in [4.69, 9.17) is 15.3 Å². The van der Waals surface area contributed by atoms with Gasteiger partial charge in [-0.1, -0.05) is 13.0 Å². The number of rotatable bonds is 11. The van der Waals surface area contributed by atoms with E-state index >= 15 is 0 Å². The molecular weight excluding hydrogens is 496 g/mol. The van der Waals surface area contributed by atoms with Crippen molar-refractivity contribution >= 4 is 41.7 Å². The van der Waals surface area contributed by atoms with E-state index in [1.54, 1.807) is 32.9 Å². The largest absolute Gasteiger partial charge is 0.426 e. The predicted molar refractivity (Wildman–Crippen MR) is 140 cm³/mol. The van der Waals surface area contributed by atoms with Gasteiger partial charge in [0.25, 0.3) is 11.8 Å². The van der Waals surface area contributed by atoms with Crippen molar-refractivity contribution in [2.24, 2.45) is 4.99 Å². The average molecular weight is 529 g/mol. The molecular formula is C25H32N6O7. The van der Waals surface area contributed by atoms with Crippen LogP contribution in [0.2, 0.25) is 0 Å². The van der Waals surface area contributed by atoms with Gasteiger partial charge in [-0.25, -0.2) is 19.5 Å². The number of anilines is 1. The second kappa shape index (κ2) is 14.3. The number of benzene rings is 1. The molecule has 1 heterocycles. The van der Waals surface area contributed by atoms with Crippen LogP contribution in [0.4, 0.5) is 10.5 Å². The zero-order chi connectivity index (χ0) is 28.2. The number of hydrogen-bond donors (Lipinski definition) is 5. The van der Waals surface area contributed by atoms with Crippen molar-refractivity contribution in [1.82, 2.24) is 15.6 Å². The zero-order valence-electron chi connectivity index (χ0n) is 21.7. The minimum Gasteiger partial charge on any atom is -0.426 e. The summed E-state index contributed by atoms with van der Waals surface area (Å²) in [6.45, 7) is 6.17. The molecule has 0 atom stereocenters. The van der Waals surface area contributed by atoms with Crippen molar-refractivity contribution in [1.29, 1.82) is 5.41 Å². The zero-order valence-corrected chi connectivity index (χ0v) is 21.7. The lowest BCUT2D eigenvalue weighted by Crippen LogP contribution is -2.40. The Morgan fingerprint density at radius 1 is 1.13 bits per heavy atom. The maximum absolute atomic E-state index is 13.4. The van der Waals surface area contributed by atoms with Crippen molar-refractivity contribution < 1.29 is 33.8 Å². The van der Waals surface area contributed by atoms with E-state index in [0.29, 0.717) is 36.1 Å². The number of aliphatic imine (C=N–C) groups is 1.